The van der Waals surface area contributed by atoms with E-state index in [1.165, 1.54) is 0 Å². The first kappa shape index (κ1) is 11.6. The molecule has 4 rings (SSSR count). The predicted octanol–water partition coefficient (Wildman–Crippen LogP) is 3.54. The molecule has 3 nitrogen and oxygen atoms in total. The summed E-state index contributed by atoms with van der Waals surface area (Å²) in [5.41, 5.74) is 2.77. The number of hydrogen-bond donors (Lipinski definition) is 0. The summed E-state index contributed by atoms with van der Waals surface area (Å²) in [7, 11) is 0. The van der Waals surface area contributed by atoms with Gasteiger partial charge in [-0.1, -0.05) is 23.7 Å². The molecule has 1 aromatic heterocycles. The number of para-hydroxylation sites is 1. The first-order valence-electron chi connectivity index (χ1n) is 6.30. The molecule has 3 aromatic rings. The number of fused-ring (bicyclic) bond motifs is 2. The number of aromatic nitrogens is 1. The van der Waals surface area contributed by atoms with Gasteiger partial charge in [0.1, 0.15) is 12.4 Å². The van der Waals surface area contributed by atoms with Gasteiger partial charge in [-0.15, -0.1) is 0 Å². The smallest absolute Gasteiger partial charge is 0.189 e. The van der Waals surface area contributed by atoms with Crippen LogP contribution in [0, 0.1) is 0 Å². The molecule has 4 heteroatoms. The maximum Gasteiger partial charge on any atom is 0.189 e. The molecule has 0 saturated heterocycles. The van der Waals surface area contributed by atoms with Crippen molar-refractivity contribution < 1.29 is 4.74 Å². The van der Waals surface area contributed by atoms with E-state index in [0.29, 0.717) is 22.8 Å². The highest BCUT2D eigenvalue weighted by Gasteiger charge is 2.17. The lowest BCUT2D eigenvalue weighted by Crippen LogP contribution is -2.06. The number of hydrogen-bond acceptors (Lipinski definition) is 2. The second kappa shape index (κ2) is 4.12. The van der Waals surface area contributed by atoms with E-state index in [1.807, 2.05) is 41.0 Å². The Morgan fingerprint density at radius 1 is 1.15 bits per heavy atom. The van der Waals surface area contributed by atoms with Crippen molar-refractivity contribution in [1.29, 1.82) is 0 Å². The van der Waals surface area contributed by atoms with Crippen LogP contribution < -0.4 is 10.2 Å². The largest absolute Gasteiger partial charge is 0.487 e. The maximum atomic E-state index is 12.0. The molecular formula is C16H10ClNO2. The fourth-order valence-corrected chi connectivity index (χ4v) is 2.80. The normalized spacial score (nSPS) is 12.7. The average molecular weight is 284 g/mol. The lowest BCUT2D eigenvalue weighted by Gasteiger charge is -2.12. The van der Waals surface area contributed by atoms with Crippen molar-refractivity contribution in [3.05, 3.63) is 69.5 Å². The SMILES string of the molecule is O=c1ccn2c3c(cccc13)OCc1ccc(Cl)cc1-2. The van der Waals surface area contributed by atoms with E-state index >= 15 is 0 Å². The molecule has 0 amide bonds. The Balaban J connectivity index is 2.20. The second-order valence-corrected chi connectivity index (χ2v) is 5.20. The summed E-state index contributed by atoms with van der Waals surface area (Å²) >= 11 is 6.11. The van der Waals surface area contributed by atoms with Crippen LogP contribution in [0.3, 0.4) is 0 Å². The minimum absolute atomic E-state index is 0.00724. The lowest BCUT2D eigenvalue weighted by atomic mass is 10.1. The summed E-state index contributed by atoms with van der Waals surface area (Å²) in [5, 5.41) is 1.31. The summed E-state index contributed by atoms with van der Waals surface area (Å²) in [4.78, 5) is 12.0. The molecule has 98 valence electrons. The Hall–Kier alpha value is -2.26. The number of nitrogens with zero attached hydrogens (tertiary/aromatic N) is 1. The van der Waals surface area contributed by atoms with Crippen molar-refractivity contribution in [3.8, 4) is 11.4 Å². The van der Waals surface area contributed by atoms with Crippen LogP contribution in [0.25, 0.3) is 16.6 Å². The van der Waals surface area contributed by atoms with Crippen LogP contribution in [-0.2, 0) is 6.61 Å². The van der Waals surface area contributed by atoms with Crippen LogP contribution in [0.1, 0.15) is 5.56 Å². The fourth-order valence-electron chi connectivity index (χ4n) is 2.63. The summed E-state index contributed by atoms with van der Waals surface area (Å²) in [6.45, 7) is 0.460. The van der Waals surface area contributed by atoms with E-state index in [-0.39, 0.29) is 5.43 Å². The average Bonchev–Trinajstić information content (AvgIpc) is 2.61. The zero-order valence-corrected chi connectivity index (χ0v) is 11.2. The molecule has 2 heterocycles. The molecule has 1 aliphatic heterocycles. The van der Waals surface area contributed by atoms with Gasteiger partial charge in [0.25, 0.3) is 0 Å². The number of ether oxygens (including phenoxy) is 1. The van der Waals surface area contributed by atoms with Crippen LogP contribution in [0.15, 0.2) is 53.5 Å². The Morgan fingerprint density at radius 3 is 2.95 bits per heavy atom. The third-order valence-corrected chi connectivity index (χ3v) is 3.81. The van der Waals surface area contributed by atoms with Gasteiger partial charge in [0.05, 0.1) is 11.2 Å². The van der Waals surface area contributed by atoms with Gasteiger partial charge in [-0.2, -0.15) is 0 Å². The number of benzene rings is 2. The molecule has 20 heavy (non-hydrogen) atoms. The van der Waals surface area contributed by atoms with Crippen molar-refractivity contribution in [2.24, 2.45) is 0 Å². The van der Waals surface area contributed by atoms with Crippen LogP contribution in [-0.4, -0.2) is 4.57 Å². The van der Waals surface area contributed by atoms with E-state index in [9.17, 15) is 4.79 Å². The van der Waals surface area contributed by atoms with E-state index in [1.54, 1.807) is 12.3 Å². The Morgan fingerprint density at radius 2 is 2.05 bits per heavy atom. The molecule has 0 radical (unpaired) electrons. The predicted molar refractivity (Wildman–Crippen MR) is 78.9 cm³/mol. The summed E-state index contributed by atoms with van der Waals surface area (Å²) in [6.07, 6.45) is 1.78. The standard InChI is InChI=1S/C16H10ClNO2/c17-11-5-4-10-9-20-15-3-1-2-12-14(19)6-7-18(16(12)15)13(10)8-11/h1-8H,9H2. The first-order chi connectivity index (χ1) is 9.74. The molecule has 0 saturated carbocycles. The molecular weight excluding hydrogens is 274 g/mol. The van der Waals surface area contributed by atoms with E-state index in [4.69, 9.17) is 16.3 Å². The van der Waals surface area contributed by atoms with Gasteiger partial charge in [-0.25, -0.2) is 0 Å². The molecule has 1 aliphatic rings. The summed E-state index contributed by atoms with van der Waals surface area (Å²) < 4.78 is 7.81. The third-order valence-electron chi connectivity index (χ3n) is 3.57. The Kier molecular flexibility index (Phi) is 2.38. The number of rotatable bonds is 0. The number of halogens is 1. The molecule has 0 bridgehead atoms. The van der Waals surface area contributed by atoms with Crippen LogP contribution >= 0.6 is 11.6 Å². The quantitative estimate of drug-likeness (QED) is 0.632. The molecule has 0 fully saturated rings. The summed E-state index contributed by atoms with van der Waals surface area (Å²) in [6, 6.07) is 12.8. The highest BCUT2D eigenvalue weighted by atomic mass is 35.5. The van der Waals surface area contributed by atoms with Gasteiger partial charge >= 0.3 is 0 Å². The van der Waals surface area contributed by atoms with Gasteiger partial charge in [0.2, 0.25) is 0 Å². The minimum atomic E-state index is -0.00724. The van der Waals surface area contributed by atoms with Gasteiger partial charge in [-0.3, -0.25) is 4.79 Å². The lowest BCUT2D eigenvalue weighted by molar-refractivity contribution is 0.312. The molecule has 0 spiro atoms. The van der Waals surface area contributed by atoms with E-state index < -0.39 is 0 Å². The zero-order chi connectivity index (χ0) is 13.7. The molecule has 0 atom stereocenters. The van der Waals surface area contributed by atoms with Gasteiger partial charge in [0, 0.05) is 28.2 Å². The van der Waals surface area contributed by atoms with Crippen molar-refractivity contribution >= 4 is 22.5 Å². The van der Waals surface area contributed by atoms with Crippen molar-refractivity contribution in [1.82, 2.24) is 4.57 Å². The van der Waals surface area contributed by atoms with Gasteiger partial charge in [0.15, 0.2) is 5.43 Å². The molecule has 2 aromatic carbocycles. The minimum Gasteiger partial charge on any atom is -0.487 e. The fraction of sp³-hybridized carbons (Fsp3) is 0.0625. The van der Waals surface area contributed by atoms with E-state index in [2.05, 4.69) is 0 Å². The third kappa shape index (κ3) is 1.57. The molecule has 0 N–H and O–H groups in total. The van der Waals surface area contributed by atoms with Gasteiger partial charge < -0.3 is 9.30 Å². The van der Waals surface area contributed by atoms with Crippen LogP contribution in [0.2, 0.25) is 5.02 Å². The second-order valence-electron chi connectivity index (χ2n) is 4.76. The topological polar surface area (TPSA) is 31.2 Å². The van der Waals surface area contributed by atoms with Crippen LogP contribution in [0.4, 0.5) is 0 Å². The molecule has 0 unspecified atom stereocenters. The van der Waals surface area contributed by atoms with Crippen LogP contribution in [0.5, 0.6) is 5.75 Å². The Labute approximate surface area is 120 Å². The van der Waals surface area contributed by atoms with Crippen molar-refractivity contribution in [2.75, 3.05) is 0 Å². The van der Waals surface area contributed by atoms with E-state index in [0.717, 1.165) is 16.8 Å². The Bertz CT molecular complexity index is 899. The first-order valence-corrected chi connectivity index (χ1v) is 6.68. The van der Waals surface area contributed by atoms with Crippen molar-refractivity contribution in [2.45, 2.75) is 6.61 Å². The van der Waals surface area contributed by atoms with Crippen molar-refractivity contribution in [3.63, 3.8) is 0 Å². The zero-order valence-electron chi connectivity index (χ0n) is 10.5. The monoisotopic (exact) mass is 283 g/mol. The van der Waals surface area contributed by atoms with Gasteiger partial charge in [-0.05, 0) is 24.3 Å². The highest BCUT2D eigenvalue weighted by Crippen LogP contribution is 2.32. The highest BCUT2D eigenvalue weighted by molar-refractivity contribution is 6.30. The molecule has 0 aliphatic carbocycles. The number of pyridine rings is 1. The summed E-state index contributed by atoms with van der Waals surface area (Å²) in [5.74, 6) is 0.715. The maximum absolute atomic E-state index is 12.0.